The van der Waals surface area contributed by atoms with E-state index >= 15 is 0 Å². The number of anilines is 2. The van der Waals surface area contributed by atoms with Crippen molar-refractivity contribution in [2.45, 2.75) is 11.3 Å². The minimum atomic E-state index is -0.384. The monoisotopic (exact) mass is 298 g/mol. The largest absolute Gasteiger partial charge is 0.374 e. The first-order chi connectivity index (χ1) is 9.04. The van der Waals surface area contributed by atoms with Crippen molar-refractivity contribution >= 4 is 39.8 Å². The van der Waals surface area contributed by atoms with Gasteiger partial charge in [-0.15, -0.1) is 10.2 Å². The zero-order valence-electron chi connectivity index (χ0n) is 10.0. The van der Waals surface area contributed by atoms with Crippen molar-refractivity contribution in [3.8, 4) is 0 Å². The summed E-state index contributed by atoms with van der Waals surface area (Å²) < 4.78 is 13.7. The summed E-state index contributed by atoms with van der Waals surface area (Å²) in [5.74, 6) is -0.442. The van der Waals surface area contributed by atoms with Crippen LogP contribution in [0.25, 0.3) is 0 Å². The molecule has 0 spiro atoms. The smallest absolute Gasteiger partial charge is 0.234 e. The summed E-state index contributed by atoms with van der Waals surface area (Å²) in [4.78, 5) is 11.7. The predicted molar refractivity (Wildman–Crippen MR) is 74.8 cm³/mol. The van der Waals surface area contributed by atoms with Crippen molar-refractivity contribution in [3.05, 3.63) is 29.6 Å². The van der Waals surface area contributed by atoms with Gasteiger partial charge >= 0.3 is 0 Å². The number of amides is 1. The van der Waals surface area contributed by atoms with Gasteiger partial charge in [0.1, 0.15) is 5.82 Å². The maximum absolute atomic E-state index is 13.1. The van der Waals surface area contributed by atoms with Crippen LogP contribution < -0.4 is 11.1 Å². The van der Waals surface area contributed by atoms with Crippen LogP contribution in [0.2, 0.25) is 0 Å². The number of nitrogens with one attached hydrogen (secondary N) is 1. The molecule has 8 heteroatoms. The molecule has 1 amide bonds. The summed E-state index contributed by atoms with van der Waals surface area (Å²) in [5, 5.41) is 10.5. The van der Waals surface area contributed by atoms with E-state index in [2.05, 4.69) is 15.5 Å². The molecule has 0 atom stereocenters. The number of nitrogens with zero attached hydrogens (tertiary/aromatic N) is 2. The predicted octanol–water partition coefficient (Wildman–Crippen LogP) is 2.30. The van der Waals surface area contributed by atoms with E-state index in [9.17, 15) is 9.18 Å². The van der Waals surface area contributed by atoms with Gasteiger partial charge in [-0.05, 0) is 24.6 Å². The van der Waals surface area contributed by atoms with Gasteiger partial charge in [-0.2, -0.15) is 0 Å². The number of benzene rings is 1. The zero-order valence-corrected chi connectivity index (χ0v) is 11.6. The molecule has 0 fully saturated rings. The third-order valence-corrected chi connectivity index (χ3v) is 4.11. The van der Waals surface area contributed by atoms with Crippen LogP contribution >= 0.6 is 23.1 Å². The Hall–Kier alpha value is -1.67. The van der Waals surface area contributed by atoms with Crippen LogP contribution in [-0.4, -0.2) is 21.9 Å². The van der Waals surface area contributed by atoms with Gasteiger partial charge in [-0.25, -0.2) is 4.39 Å². The topological polar surface area (TPSA) is 80.9 Å². The first-order valence-corrected chi connectivity index (χ1v) is 7.12. The van der Waals surface area contributed by atoms with Gasteiger partial charge in [0.05, 0.1) is 5.75 Å². The summed E-state index contributed by atoms with van der Waals surface area (Å²) in [7, 11) is 0. The fourth-order valence-electron chi connectivity index (χ4n) is 1.32. The van der Waals surface area contributed by atoms with Gasteiger partial charge in [-0.1, -0.05) is 29.2 Å². The minimum absolute atomic E-state index is 0.171. The molecule has 2 rings (SSSR count). The number of carbonyl (C=O) groups is 1. The van der Waals surface area contributed by atoms with Gasteiger partial charge in [-0.3, -0.25) is 4.79 Å². The third-order valence-electron chi connectivity index (χ3n) is 2.22. The molecule has 1 aromatic heterocycles. The van der Waals surface area contributed by atoms with Gasteiger partial charge in [0.25, 0.3) is 0 Å². The van der Waals surface area contributed by atoms with E-state index in [1.165, 1.54) is 35.2 Å². The number of nitrogen functional groups attached to an aromatic ring is 1. The van der Waals surface area contributed by atoms with Crippen molar-refractivity contribution in [2.75, 3.05) is 16.8 Å². The second kappa shape index (κ2) is 5.98. The molecule has 0 unspecified atom stereocenters. The molecule has 0 bridgehead atoms. The second-order valence-corrected chi connectivity index (χ2v) is 5.93. The molecule has 0 aliphatic heterocycles. The van der Waals surface area contributed by atoms with Crippen molar-refractivity contribution < 1.29 is 9.18 Å². The van der Waals surface area contributed by atoms with Gasteiger partial charge in [0.15, 0.2) is 4.34 Å². The number of hydrogen-bond donors (Lipinski definition) is 2. The summed E-state index contributed by atoms with van der Waals surface area (Å²) in [5.41, 5.74) is 6.71. The summed E-state index contributed by atoms with van der Waals surface area (Å²) >= 11 is 2.46. The highest BCUT2D eigenvalue weighted by Gasteiger charge is 2.09. The maximum Gasteiger partial charge on any atom is 0.234 e. The standard InChI is InChI=1S/C11H11FN4OS2/c1-6-2-3-7(12)4-8(6)14-9(17)5-18-11-16-15-10(13)19-11/h2-4H,5H2,1H3,(H2,13,15)(H,14,17). The third kappa shape index (κ3) is 3.90. The maximum atomic E-state index is 13.1. The molecule has 3 N–H and O–H groups in total. The van der Waals surface area contributed by atoms with Crippen LogP contribution in [0.1, 0.15) is 5.56 Å². The molecule has 0 radical (unpaired) electrons. The number of aromatic nitrogens is 2. The number of thioether (sulfide) groups is 1. The van der Waals surface area contributed by atoms with Crippen molar-refractivity contribution in [2.24, 2.45) is 0 Å². The Morgan fingerprint density at radius 1 is 1.53 bits per heavy atom. The van der Waals surface area contributed by atoms with Gasteiger partial charge in [0, 0.05) is 5.69 Å². The van der Waals surface area contributed by atoms with E-state index in [0.29, 0.717) is 15.2 Å². The first-order valence-electron chi connectivity index (χ1n) is 5.32. The molecular weight excluding hydrogens is 287 g/mol. The molecule has 0 saturated carbocycles. The molecule has 2 aromatic rings. The number of aryl methyl sites for hydroxylation is 1. The highest BCUT2D eigenvalue weighted by molar-refractivity contribution is 8.01. The number of carbonyl (C=O) groups excluding carboxylic acids is 1. The Balaban J connectivity index is 1.92. The van der Waals surface area contributed by atoms with E-state index in [-0.39, 0.29) is 17.5 Å². The zero-order chi connectivity index (χ0) is 13.8. The molecule has 0 saturated heterocycles. The molecule has 0 aliphatic rings. The molecular formula is C11H11FN4OS2. The lowest BCUT2D eigenvalue weighted by atomic mass is 10.2. The number of hydrogen-bond acceptors (Lipinski definition) is 6. The Morgan fingerprint density at radius 2 is 2.32 bits per heavy atom. The SMILES string of the molecule is Cc1ccc(F)cc1NC(=O)CSc1nnc(N)s1. The van der Waals surface area contributed by atoms with Crippen molar-refractivity contribution in [1.82, 2.24) is 10.2 Å². The Morgan fingerprint density at radius 3 is 3.00 bits per heavy atom. The van der Waals surface area contributed by atoms with Crippen LogP contribution in [0.3, 0.4) is 0 Å². The van der Waals surface area contributed by atoms with E-state index in [1.807, 2.05) is 0 Å². The van der Waals surface area contributed by atoms with Crippen LogP contribution in [0, 0.1) is 12.7 Å². The van der Waals surface area contributed by atoms with Crippen molar-refractivity contribution in [3.63, 3.8) is 0 Å². The molecule has 1 heterocycles. The molecule has 19 heavy (non-hydrogen) atoms. The lowest BCUT2D eigenvalue weighted by Gasteiger charge is -2.07. The van der Waals surface area contributed by atoms with Gasteiger partial charge < -0.3 is 11.1 Å². The van der Waals surface area contributed by atoms with Crippen LogP contribution in [0.4, 0.5) is 15.2 Å². The molecule has 1 aromatic carbocycles. The molecule has 100 valence electrons. The fourth-order valence-corrected chi connectivity index (χ4v) is 2.76. The summed E-state index contributed by atoms with van der Waals surface area (Å²) in [6.07, 6.45) is 0. The quantitative estimate of drug-likeness (QED) is 0.847. The lowest BCUT2D eigenvalue weighted by Crippen LogP contribution is -2.14. The highest BCUT2D eigenvalue weighted by Crippen LogP contribution is 2.24. The number of nitrogens with two attached hydrogens (primary N) is 1. The van der Waals surface area contributed by atoms with E-state index in [0.717, 1.165) is 5.56 Å². The molecule has 5 nitrogen and oxygen atoms in total. The minimum Gasteiger partial charge on any atom is -0.374 e. The Labute approximate surface area is 117 Å². The van der Waals surface area contributed by atoms with E-state index in [4.69, 9.17) is 5.73 Å². The fraction of sp³-hybridized carbons (Fsp3) is 0.182. The molecule has 0 aliphatic carbocycles. The van der Waals surface area contributed by atoms with Crippen LogP contribution in [0.15, 0.2) is 22.5 Å². The second-order valence-electron chi connectivity index (χ2n) is 3.70. The van der Waals surface area contributed by atoms with E-state index in [1.54, 1.807) is 13.0 Å². The Bertz CT molecular complexity index is 602. The number of halogens is 1. The highest BCUT2D eigenvalue weighted by atomic mass is 32.2. The normalized spacial score (nSPS) is 10.4. The lowest BCUT2D eigenvalue weighted by molar-refractivity contribution is -0.113. The van der Waals surface area contributed by atoms with Crippen molar-refractivity contribution in [1.29, 1.82) is 0 Å². The first kappa shape index (κ1) is 13.8. The average Bonchev–Trinajstić information content (AvgIpc) is 2.77. The van der Waals surface area contributed by atoms with Crippen LogP contribution in [0.5, 0.6) is 0 Å². The summed E-state index contributed by atoms with van der Waals surface area (Å²) in [6, 6.07) is 4.26. The number of rotatable bonds is 4. The average molecular weight is 298 g/mol. The Kier molecular flexibility index (Phi) is 4.33. The summed E-state index contributed by atoms with van der Waals surface area (Å²) in [6.45, 7) is 1.80. The van der Waals surface area contributed by atoms with E-state index < -0.39 is 0 Å². The van der Waals surface area contributed by atoms with Crippen LogP contribution in [-0.2, 0) is 4.79 Å². The van der Waals surface area contributed by atoms with Gasteiger partial charge in [0.2, 0.25) is 11.0 Å².